The summed E-state index contributed by atoms with van der Waals surface area (Å²) in [7, 11) is 0. The molecule has 0 aliphatic rings. The Morgan fingerprint density at radius 3 is 2.12 bits per heavy atom. The van der Waals surface area contributed by atoms with Gasteiger partial charge in [-0.2, -0.15) is 0 Å². The summed E-state index contributed by atoms with van der Waals surface area (Å²) >= 11 is 0. The number of hydrogen-bond donors (Lipinski definition) is 2. The molecule has 0 aliphatic carbocycles. The predicted molar refractivity (Wildman–Crippen MR) is 73.6 cm³/mol. The smallest absolute Gasteiger partial charge is 0.224 e. The summed E-state index contributed by atoms with van der Waals surface area (Å²) in [5, 5.41) is 3.04. The van der Waals surface area contributed by atoms with Crippen LogP contribution < -0.4 is 11.1 Å². The SMILES string of the molecule is CC(C)CC(C)(C)CNC(=O)C(CN)C(C)C. The molecule has 0 bridgehead atoms. The van der Waals surface area contributed by atoms with Gasteiger partial charge in [0, 0.05) is 13.1 Å². The first-order chi connectivity index (χ1) is 7.69. The molecule has 0 saturated heterocycles. The van der Waals surface area contributed by atoms with Gasteiger partial charge in [0.25, 0.3) is 0 Å². The fourth-order valence-electron chi connectivity index (χ4n) is 2.32. The Morgan fingerprint density at radius 2 is 1.76 bits per heavy atom. The Balaban J connectivity index is 4.22. The molecule has 0 rings (SSSR count). The van der Waals surface area contributed by atoms with Crippen molar-refractivity contribution in [3.05, 3.63) is 0 Å². The standard InChI is InChI=1S/C14H30N2O/c1-10(2)7-14(5,6)9-16-13(17)12(8-15)11(3)4/h10-12H,7-9,15H2,1-6H3,(H,16,17). The number of amides is 1. The molecule has 1 unspecified atom stereocenters. The lowest BCUT2D eigenvalue weighted by Crippen LogP contribution is -2.42. The molecule has 0 saturated carbocycles. The highest BCUT2D eigenvalue weighted by atomic mass is 16.1. The monoisotopic (exact) mass is 242 g/mol. The summed E-state index contributed by atoms with van der Waals surface area (Å²) in [5.41, 5.74) is 5.79. The van der Waals surface area contributed by atoms with E-state index in [1.807, 2.05) is 13.8 Å². The van der Waals surface area contributed by atoms with Crippen molar-refractivity contribution < 1.29 is 4.79 Å². The van der Waals surface area contributed by atoms with Crippen molar-refractivity contribution in [2.24, 2.45) is 28.9 Å². The first-order valence-electron chi connectivity index (χ1n) is 6.67. The van der Waals surface area contributed by atoms with Gasteiger partial charge in [-0.05, 0) is 23.7 Å². The average Bonchev–Trinajstić information content (AvgIpc) is 2.13. The van der Waals surface area contributed by atoms with Crippen LogP contribution in [0.2, 0.25) is 0 Å². The zero-order valence-corrected chi connectivity index (χ0v) is 12.3. The van der Waals surface area contributed by atoms with Crippen LogP contribution in [-0.4, -0.2) is 19.0 Å². The maximum atomic E-state index is 12.0. The third-order valence-corrected chi connectivity index (χ3v) is 3.10. The summed E-state index contributed by atoms with van der Waals surface area (Å²) in [6.45, 7) is 14.0. The summed E-state index contributed by atoms with van der Waals surface area (Å²) in [4.78, 5) is 12.0. The molecule has 0 aliphatic heterocycles. The van der Waals surface area contributed by atoms with Crippen molar-refractivity contribution in [1.82, 2.24) is 5.32 Å². The summed E-state index contributed by atoms with van der Waals surface area (Å²) in [6.07, 6.45) is 1.11. The van der Waals surface area contributed by atoms with E-state index >= 15 is 0 Å². The molecule has 1 amide bonds. The van der Waals surface area contributed by atoms with Crippen LogP contribution in [-0.2, 0) is 4.79 Å². The minimum atomic E-state index is -0.0650. The van der Waals surface area contributed by atoms with Gasteiger partial charge in [0.15, 0.2) is 0 Å². The van der Waals surface area contributed by atoms with E-state index in [4.69, 9.17) is 5.73 Å². The molecule has 3 N–H and O–H groups in total. The first-order valence-corrected chi connectivity index (χ1v) is 6.67. The highest BCUT2D eigenvalue weighted by molar-refractivity contribution is 5.79. The van der Waals surface area contributed by atoms with Gasteiger partial charge in [-0.3, -0.25) is 4.79 Å². The molecular formula is C14H30N2O. The third-order valence-electron chi connectivity index (χ3n) is 3.10. The third kappa shape index (κ3) is 6.67. The van der Waals surface area contributed by atoms with Crippen LogP contribution in [0.5, 0.6) is 0 Å². The summed E-state index contributed by atoms with van der Waals surface area (Å²) in [6, 6.07) is 0. The molecule has 3 heteroatoms. The maximum absolute atomic E-state index is 12.0. The fourth-order valence-corrected chi connectivity index (χ4v) is 2.32. The van der Waals surface area contributed by atoms with Gasteiger partial charge in [0.2, 0.25) is 5.91 Å². The molecule has 0 aromatic rings. The van der Waals surface area contributed by atoms with Gasteiger partial charge in [-0.25, -0.2) is 0 Å². The normalized spacial score (nSPS) is 14.2. The van der Waals surface area contributed by atoms with Gasteiger partial charge in [-0.15, -0.1) is 0 Å². The van der Waals surface area contributed by atoms with Crippen LogP contribution >= 0.6 is 0 Å². The second-order valence-corrected chi connectivity index (χ2v) is 6.57. The number of nitrogens with two attached hydrogens (primary N) is 1. The number of hydrogen-bond acceptors (Lipinski definition) is 2. The van der Waals surface area contributed by atoms with Crippen LogP contribution in [0.3, 0.4) is 0 Å². The van der Waals surface area contributed by atoms with Crippen molar-refractivity contribution in [1.29, 1.82) is 0 Å². The first kappa shape index (κ1) is 16.4. The van der Waals surface area contributed by atoms with Crippen LogP contribution in [0.25, 0.3) is 0 Å². The average molecular weight is 242 g/mol. The van der Waals surface area contributed by atoms with Gasteiger partial charge < -0.3 is 11.1 Å². The zero-order valence-electron chi connectivity index (χ0n) is 12.3. The molecule has 0 radical (unpaired) electrons. The van der Waals surface area contributed by atoms with Gasteiger partial charge in [-0.1, -0.05) is 41.5 Å². The number of carbonyl (C=O) groups excluding carboxylic acids is 1. The molecule has 0 heterocycles. The molecule has 102 valence electrons. The molecule has 0 aromatic carbocycles. The summed E-state index contributed by atoms with van der Waals surface area (Å²) in [5.74, 6) is 0.981. The predicted octanol–water partition coefficient (Wildman–Crippen LogP) is 2.41. The van der Waals surface area contributed by atoms with Crippen molar-refractivity contribution in [3.8, 4) is 0 Å². The Labute approximate surface area is 107 Å². The van der Waals surface area contributed by atoms with E-state index in [0.29, 0.717) is 18.4 Å². The topological polar surface area (TPSA) is 55.1 Å². The number of nitrogens with one attached hydrogen (secondary N) is 1. The quantitative estimate of drug-likeness (QED) is 0.720. The fraction of sp³-hybridized carbons (Fsp3) is 0.929. The molecular weight excluding hydrogens is 212 g/mol. The second-order valence-electron chi connectivity index (χ2n) is 6.57. The van der Waals surface area contributed by atoms with E-state index in [1.165, 1.54) is 0 Å². The lowest BCUT2D eigenvalue weighted by atomic mass is 9.83. The van der Waals surface area contributed by atoms with Gasteiger partial charge >= 0.3 is 0 Å². The highest BCUT2D eigenvalue weighted by Crippen LogP contribution is 2.24. The summed E-state index contributed by atoms with van der Waals surface area (Å²) < 4.78 is 0. The lowest BCUT2D eigenvalue weighted by molar-refractivity contribution is -0.126. The molecule has 0 fully saturated rings. The highest BCUT2D eigenvalue weighted by Gasteiger charge is 2.24. The zero-order chi connectivity index (χ0) is 13.6. The Hall–Kier alpha value is -0.570. The van der Waals surface area contributed by atoms with E-state index in [2.05, 4.69) is 33.0 Å². The largest absolute Gasteiger partial charge is 0.355 e. The minimum Gasteiger partial charge on any atom is -0.355 e. The van der Waals surface area contributed by atoms with Crippen molar-refractivity contribution in [2.45, 2.75) is 48.0 Å². The van der Waals surface area contributed by atoms with E-state index in [9.17, 15) is 4.79 Å². The van der Waals surface area contributed by atoms with E-state index in [1.54, 1.807) is 0 Å². The Kier molecular flexibility index (Phi) is 6.76. The van der Waals surface area contributed by atoms with Gasteiger partial charge in [0.1, 0.15) is 0 Å². The van der Waals surface area contributed by atoms with Crippen LogP contribution in [0.15, 0.2) is 0 Å². The van der Waals surface area contributed by atoms with Crippen molar-refractivity contribution in [2.75, 3.05) is 13.1 Å². The molecule has 0 aromatic heterocycles. The minimum absolute atomic E-state index is 0.0650. The van der Waals surface area contributed by atoms with Crippen LogP contribution in [0, 0.1) is 23.2 Å². The van der Waals surface area contributed by atoms with Crippen molar-refractivity contribution in [3.63, 3.8) is 0 Å². The van der Waals surface area contributed by atoms with E-state index in [0.717, 1.165) is 13.0 Å². The second kappa shape index (κ2) is 7.00. The Bertz CT molecular complexity index is 234. The molecule has 17 heavy (non-hydrogen) atoms. The number of carbonyl (C=O) groups is 1. The van der Waals surface area contributed by atoms with Gasteiger partial charge in [0.05, 0.1) is 5.92 Å². The molecule has 3 nitrogen and oxygen atoms in total. The van der Waals surface area contributed by atoms with Crippen LogP contribution in [0.4, 0.5) is 0 Å². The lowest BCUT2D eigenvalue weighted by Gasteiger charge is -2.28. The molecule has 0 spiro atoms. The molecule has 1 atom stereocenters. The van der Waals surface area contributed by atoms with E-state index < -0.39 is 0 Å². The number of rotatable bonds is 7. The Morgan fingerprint density at radius 1 is 1.24 bits per heavy atom. The maximum Gasteiger partial charge on any atom is 0.224 e. The van der Waals surface area contributed by atoms with E-state index in [-0.39, 0.29) is 17.2 Å². The van der Waals surface area contributed by atoms with Crippen molar-refractivity contribution >= 4 is 5.91 Å². The van der Waals surface area contributed by atoms with Crippen LogP contribution in [0.1, 0.15) is 48.0 Å².